The summed E-state index contributed by atoms with van der Waals surface area (Å²) in [5.74, 6) is -0.300. The molecule has 0 bridgehead atoms. The first kappa shape index (κ1) is 16.4. The topological polar surface area (TPSA) is 101 Å². The second-order valence-electron chi connectivity index (χ2n) is 1.08. The van der Waals surface area contributed by atoms with E-state index in [-0.39, 0.29) is 52.1 Å². The van der Waals surface area contributed by atoms with Gasteiger partial charge in [-0.15, -0.1) is 0 Å². The number of hydrogen-bond donors (Lipinski definition) is 2. The minimum absolute atomic E-state index is 0. The predicted molar refractivity (Wildman–Crippen MR) is 39.9 cm³/mol. The quantitative estimate of drug-likeness (QED) is 0.332. The largest absolute Gasteiger partial charge is 3.00 e. The fourth-order valence-electron chi connectivity index (χ4n) is 0.173. The van der Waals surface area contributed by atoms with Crippen LogP contribution in [0.15, 0.2) is 9.98 Å². The minimum atomic E-state index is -0.326. The molecule has 0 atom stereocenters. The molecule has 0 rings (SSSR count). The second-order valence-corrected chi connectivity index (χ2v) is 1.08. The van der Waals surface area contributed by atoms with Crippen LogP contribution in [0.1, 0.15) is 0 Å². The Morgan fingerprint density at radius 1 is 1.40 bits per heavy atom. The van der Waals surface area contributed by atoms with Gasteiger partial charge in [0.05, 0.1) is 0 Å². The van der Waals surface area contributed by atoms with E-state index in [4.69, 9.17) is 17.2 Å². The van der Waals surface area contributed by atoms with Gasteiger partial charge in [-0.3, -0.25) is 4.99 Å². The molecule has 0 radical (unpaired) electrons. The van der Waals surface area contributed by atoms with Crippen molar-refractivity contribution in [3.8, 4) is 0 Å². The Bertz CT molecular complexity index is 126. The molecule has 0 aliphatic heterocycles. The van der Waals surface area contributed by atoms with Crippen LogP contribution in [0.5, 0.6) is 0 Å². The van der Waals surface area contributed by atoms with Crippen molar-refractivity contribution in [3.63, 3.8) is 0 Å². The number of rotatable bonds is 0. The zero-order chi connectivity index (χ0) is 6.57. The molecule has 0 aromatic carbocycles. The molecule has 0 aliphatic carbocycles. The molecule has 5 N–H and O–H groups in total. The summed E-state index contributed by atoms with van der Waals surface area (Å²) in [7, 11) is 1.47. The summed E-state index contributed by atoms with van der Waals surface area (Å²) >= 11 is 0. The van der Waals surface area contributed by atoms with E-state index in [1.165, 1.54) is 7.05 Å². The average molecular weight is 218 g/mol. The summed E-state index contributed by atoms with van der Waals surface area (Å²) in [6, 6.07) is 0. The molecule has 0 aliphatic rings. The molecular weight excluding hydrogens is 207 g/mol. The monoisotopic (exact) mass is 218 g/mol. The Morgan fingerprint density at radius 2 is 1.80 bits per heavy atom. The fourth-order valence-corrected chi connectivity index (χ4v) is 0.173. The summed E-state index contributed by atoms with van der Waals surface area (Å²) in [5, 5.41) is 0. The molecule has 0 saturated heterocycles. The van der Waals surface area contributed by atoms with Crippen molar-refractivity contribution in [1.29, 1.82) is 0 Å². The Kier molecular flexibility index (Phi) is 14.5. The van der Waals surface area contributed by atoms with Crippen LogP contribution in [-0.4, -0.2) is 19.0 Å². The SMILES string of the molecule is CN=C(N)/N=C(\[NH-])N.[CH3-].[Y+3]. The molecular formula is C4H11N5Y+. The summed E-state index contributed by atoms with van der Waals surface area (Å²) in [5.41, 5.74) is 16.4. The van der Waals surface area contributed by atoms with Gasteiger partial charge in [0.15, 0.2) is 0 Å². The van der Waals surface area contributed by atoms with Crippen molar-refractivity contribution in [2.24, 2.45) is 21.5 Å². The van der Waals surface area contributed by atoms with Crippen LogP contribution < -0.4 is 11.5 Å². The zero-order valence-electron chi connectivity index (χ0n) is 6.13. The third-order valence-corrected chi connectivity index (χ3v) is 0.464. The molecule has 0 aromatic heterocycles. The van der Waals surface area contributed by atoms with Gasteiger partial charge >= 0.3 is 32.7 Å². The maximum Gasteiger partial charge on any atom is 3.00 e. The van der Waals surface area contributed by atoms with Crippen LogP contribution in [-0.2, 0) is 32.7 Å². The van der Waals surface area contributed by atoms with Gasteiger partial charge in [-0.05, 0) is 0 Å². The minimum Gasteiger partial charge on any atom is -0.454 e. The van der Waals surface area contributed by atoms with Crippen LogP contribution in [0.2, 0.25) is 0 Å². The molecule has 10 heavy (non-hydrogen) atoms. The smallest absolute Gasteiger partial charge is 0.454 e. The number of guanidine groups is 2. The van der Waals surface area contributed by atoms with Gasteiger partial charge in [0.1, 0.15) is 5.96 Å². The standard InChI is InChI=1S/C3H8N5.CH3.Y/c1-7-3(6)8-2(4)5;;/h1H3,(H5-,4,5,6,7,8);1H3;/q2*-1;+3. The predicted octanol–water partition coefficient (Wildman–Crippen LogP) is -0.254. The molecule has 0 aromatic rings. The van der Waals surface area contributed by atoms with Gasteiger partial charge in [0.25, 0.3) is 0 Å². The number of hydrogen-bond acceptors (Lipinski definition) is 1. The molecule has 0 fully saturated rings. The van der Waals surface area contributed by atoms with Gasteiger partial charge in [-0.25, -0.2) is 0 Å². The van der Waals surface area contributed by atoms with Crippen molar-refractivity contribution in [1.82, 2.24) is 0 Å². The van der Waals surface area contributed by atoms with Crippen LogP contribution in [0.3, 0.4) is 0 Å². The molecule has 54 valence electrons. The number of nitrogens with one attached hydrogen (secondary N) is 1. The third-order valence-electron chi connectivity index (χ3n) is 0.464. The molecule has 6 heteroatoms. The van der Waals surface area contributed by atoms with E-state index in [0.717, 1.165) is 0 Å². The van der Waals surface area contributed by atoms with Crippen molar-refractivity contribution in [3.05, 3.63) is 13.2 Å². The Labute approximate surface area is 86.0 Å². The fraction of sp³-hybridized carbons (Fsp3) is 0.250. The molecule has 0 spiro atoms. The van der Waals surface area contributed by atoms with Crippen molar-refractivity contribution in [2.45, 2.75) is 0 Å². The normalized spacial score (nSPS) is 11.3. The van der Waals surface area contributed by atoms with Gasteiger partial charge < -0.3 is 29.6 Å². The van der Waals surface area contributed by atoms with E-state index >= 15 is 0 Å². The van der Waals surface area contributed by atoms with Crippen LogP contribution in [0.25, 0.3) is 5.73 Å². The van der Waals surface area contributed by atoms with Gasteiger partial charge in [-0.1, -0.05) is 0 Å². The van der Waals surface area contributed by atoms with Gasteiger partial charge in [0, 0.05) is 13.0 Å². The number of aliphatic imine (C=N–C) groups is 2. The number of nitrogens with two attached hydrogens (primary N) is 2. The summed E-state index contributed by atoms with van der Waals surface area (Å²) in [4.78, 5) is 6.72. The molecule has 5 nitrogen and oxygen atoms in total. The van der Waals surface area contributed by atoms with E-state index in [2.05, 4.69) is 9.98 Å². The van der Waals surface area contributed by atoms with E-state index < -0.39 is 0 Å². The zero-order valence-corrected chi connectivity index (χ0v) is 8.96. The maximum atomic E-state index is 6.58. The summed E-state index contributed by atoms with van der Waals surface area (Å²) in [6.07, 6.45) is 0. The van der Waals surface area contributed by atoms with E-state index in [0.29, 0.717) is 0 Å². The van der Waals surface area contributed by atoms with Crippen LogP contribution in [0.4, 0.5) is 0 Å². The Balaban J connectivity index is -0.000000245. The Hall–Kier alpha value is -0.156. The molecule has 0 heterocycles. The first-order valence-corrected chi connectivity index (χ1v) is 1.95. The first-order chi connectivity index (χ1) is 3.66. The van der Waals surface area contributed by atoms with E-state index in [1.807, 2.05) is 0 Å². The van der Waals surface area contributed by atoms with Crippen molar-refractivity contribution >= 4 is 11.9 Å². The molecule has 0 saturated carbocycles. The third kappa shape index (κ3) is 10.8. The van der Waals surface area contributed by atoms with Gasteiger partial charge in [0.2, 0.25) is 0 Å². The first-order valence-electron chi connectivity index (χ1n) is 1.95. The molecule has 0 unspecified atom stereocenters. The van der Waals surface area contributed by atoms with E-state index in [1.54, 1.807) is 0 Å². The maximum absolute atomic E-state index is 6.58. The number of nitrogens with zero attached hydrogens (tertiary/aromatic N) is 2. The van der Waals surface area contributed by atoms with E-state index in [9.17, 15) is 0 Å². The average Bonchev–Trinajstić information content (AvgIpc) is 1.65. The van der Waals surface area contributed by atoms with Gasteiger partial charge in [-0.2, -0.15) is 0 Å². The second kappa shape index (κ2) is 8.84. The summed E-state index contributed by atoms with van der Waals surface area (Å²) < 4.78 is 0. The van der Waals surface area contributed by atoms with Crippen molar-refractivity contribution in [2.75, 3.05) is 7.05 Å². The van der Waals surface area contributed by atoms with Crippen molar-refractivity contribution < 1.29 is 32.7 Å². The van der Waals surface area contributed by atoms with Crippen LogP contribution >= 0.6 is 0 Å². The Morgan fingerprint density at radius 3 is 1.90 bits per heavy atom. The summed E-state index contributed by atoms with van der Waals surface area (Å²) in [6.45, 7) is 0. The van der Waals surface area contributed by atoms with Crippen LogP contribution in [0, 0.1) is 7.43 Å². The molecule has 0 amide bonds.